The van der Waals surface area contributed by atoms with Gasteiger partial charge in [-0.2, -0.15) is 0 Å². The summed E-state index contributed by atoms with van der Waals surface area (Å²) >= 11 is 12.5. The highest BCUT2D eigenvalue weighted by molar-refractivity contribution is 6.48. The van der Waals surface area contributed by atoms with Crippen molar-refractivity contribution in [2.24, 2.45) is 10.4 Å². The molecule has 2 atom stereocenters. The number of carboxylic acid groups (broad SMARTS) is 1. The number of carbonyl (C=O) groups excluding carboxylic acids is 1. The van der Waals surface area contributed by atoms with E-state index in [4.69, 9.17) is 28.2 Å². The van der Waals surface area contributed by atoms with Gasteiger partial charge in [-0.15, -0.1) is 0 Å². The fourth-order valence-corrected chi connectivity index (χ4v) is 5.28. The van der Waals surface area contributed by atoms with E-state index in [0.717, 1.165) is 24.9 Å². The second kappa shape index (κ2) is 9.33. The van der Waals surface area contributed by atoms with Crippen molar-refractivity contribution in [2.75, 3.05) is 13.1 Å². The highest BCUT2D eigenvalue weighted by Gasteiger charge is 2.52. The van der Waals surface area contributed by atoms with Crippen LogP contribution in [0.2, 0.25) is 10.0 Å². The van der Waals surface area contributed by atoms with E-state index in [2.05, 4.69) is 26.1 Å². The molecule has 2 N–H and O–H groups in total. The first kappa shape index (κ1) is 24.7. The minimum atomic E-state index is -0.977. The lowest BCUT2D eigenvalue weighted by molar-refractivity contribution is -0.131. The van der Waals surface area contributed by atoms with Gasteiger partial charge in [-0.25, -0.2) is 9.79 Å². The predicted molar refractivity (Wildman–Crippen MR) is 135 cm³/mol. The molecule has 2 aromatic rings. The summed E-state index contributed by atoms with van der Waals surface area (Å²) in [4.78, 5) is 32.3. The molecule has 0 radical (unpaired) electrons. The number of hydrogen-bond acceptors (Lipinski definition) is 4. The Kier molecular flexibility index (Phi) is 6.78. The molecule has 2 aliphatic rings. The average molecular weight is 502 g/mol. The van der Waals surface area contributed by atoms with Crippen molar-refractivity contribution in [1.82, 2.24) is 10.2 Å². The van der Waals surface area contributed by atoms with Gasteiger partial charge in [0.15, 0.2) is 0 Å². The molecule has 1 amide bonds. The first-order valence-electron chi connectivity index (χ1n) is 11.4. The highest BCUT2D eigenvalue weighted by atomic mass is 35.5. The lowest BCUT2D eigenvalue weighted by atomic mass is 9.85. The third kappa shape index (κ3) is 4.99. The van der Waals surface area contributed by atoms with Gasteiger partial charge in [0.1, 0.15) is 11.4 Å². The van der Waals surface area contributed by atoms with Crippen molar-refractivity contribution < 1.29 is 14.7 Å². The normalized spacial score (nSPS) is 21.3. The Hall–Kier alpha value is -2.41. The van der Waals surface area contributed by atoms with Crippen LogP contribution in [0.4, 0.5) is 0 Å². The molecule has 2 aliphatic heterocycles. The molecule has 34 heavy (non-hydrogen) atoms. The predicted octanol–water partition coefficient (Wildman–Crippen LogP) is 5.58. The minimum Gasteiger partial charge on any atom is -0.478 e. The maximum Gasteiger partial charge on any atom is 0.335 e. The molecule has 0 aromatic heterocycles. The number of amides is 1. The molecular weight excluding hydrogens is 473 g/mol. The molecule has 6 nitrogen and oxygen atoms in total. The molecule has 1 fully saturated rings. The molecule has 1 spiro atoms. The summed E-state index contributed by atoms with van der Waals surface area (Å²) < 4.78 is 0. The van der Waals surface area contributed by atoms with E-state index in [1.54, 1.807) is 30.3 Å². The van der Waals surface area contributed by atoms with Crippen molar-refractivity contribution in [3.63, 3.8) is 0 Å². The third-order valence-electron chi connectivity index (χ3n) is 6.46. The van der Waals surface area contributed by atoms with E-state index in [1.165, 1.54) is 0 Å². The van der Waals surface area contributed by atoms with E-state index in [-0.39, 0.29) is 22.9 Å². The number of hydrogen-bond donors (Lipinski definition) is 2. The lowest BCUT2D eigenvalue weighted by Crippen LogP contribution is -2.50. The Morgan fingerprint density at radius 2 is 1.82 bits per heavy atom. The molecule has 8 heteroatoms. The number of nitrogens with zero attached hydrogens (tertiary/aromatic N) is 2. The van der Waals surface area contributed by atoms with Crippen molar-refractivity contribution in [3.05, 3.63) is 69.2 Å². The molecule has 0 saturated carbocycles. The Bertz CT molecular complexity index is 1110. The van der Waals surface area contributed by atoms with E-state index in [9.17, 15) is 14.7 Å². The summed E-state index contributed by atoms with van der Waals surface area (Å²) in [6.45, 7) is 7.82. The number of benzene rings is 2. The van der Waals surface area contributed by atoms with Crippen molar-refractivity contribution in [1.29, 1.82) is 0 Å². The standard InChI is InChI=1S/C26H29Cl2N3O3/c1-25(2,3)9-8-21(16-4-6-17(7-5-16)24(33)34)31-23(32)22(30-26(31)10-11-29-15-26)18-12-19(27)14-20(28)13-18/h4-7,12-14,21,29H,8-11,15H2,1-3H3,(H,33,34)/t21-,26?/m1/s1. The second-order valence-corrected chi connectivity index (χ2v) is 11.1. The first-order chi connectivity index (χ1) is 16.0. The van der Waals surface area contributed by atoms with Crippen LogP contribution in [0.25, 0.3) is 0 Å². The number of nitrogens with one attached hydrogen (secondary N) is 1. The fourth-order valence-electron chi connectivity index (χ4n) is 4.75. The van der Waals surface area contributed by atoms with Gasteiger partial charge in [-0.05, 0) is 60.7 Å². The highest BCUT2D eigenvalue weighted by Crippen LogP contribution is 2.42. The number of aromatic carboxylic acids is 1. The van der Waals surface area contributed by atoms with Gasteiger partial charge in [0.05, 0.1) is 11.6 Å². The van der Waals surface area contributed by atoms with Crippen LogP contribution >= 0.6 is 23.2 Å². The van der Waals surface area contributed by atoms with Gasteiger partial charge in [0.25, 0.3) is 5.91 Å². The van der Waals surface area contributed by atoms with E-state index in [1.807, 2.05) is 17.0 Å². The summed E-state index contributed by atoms with van der Waals surface area (Å²) in [5.74, 6) is -1.14. The molecule has 0 aliphatic carbocycles. The van der Waals surface area contributed by atoms with Crippen LogP contribution < -0.4 is 5.32 Å². The quantitative estimate of drug-likeness (QED) is 0.541. The smallest absolute Gasteiger partial charge is 0.335 e. The Morgan fingerprint density at radius 3 is 2.35 bits per heavy atom. The zero-order valence-corrected chi connectivity index (χ0v) is 21.1. The van der Waals surface area contributed by atoms with Gasteiger partial charge in [-0.3, -0.25) is 4.79 Å². The molecule has 0 bridgehead atoms. The summed E-state index contributed by atoms with van der Waals surface area (Å²) in [5.41, 5.74) is 1.43. The zero-order valence-electron chi connectivity index (χ0n) is 19.6. The first-order valence-corrected chi connectivity index (χ1v) is 12.2. The summed E-state index contributed by atoms with van der Waals surface area (Å²) in [6.07, 6.45) is 2.29. The third-order valence-corrected chi connectivity index (χ3v) is 6.89. The van der Waals surface area contributed by atoms with Crippen LogP contribution in [-0.4, -0.2) is 46.3 Å². The van der Waals surface area contributed by atoms with Crippen LogP contribution in [0.1, 0.15) is 67.6 Å². The molecule has 4 rings (SSSR count). The van der Waals surface area contributed by atoms with Gasteiger partial charge < -0.3 is 15.3 Å². The number of aliphatic imine (C=N–C) groups is 1. The van der Waals surface area contributed by atoms with Gasteiger partial charge in [0.2, 0.25) is 0 Å². The molecule has 2 aromatic carbocycles. The van der Waals surface area contributed by atoms with E-state index >= 15 is 0 Å². The number of halogens is 2. The Labute approximate surface area is 210 Å². The second-order valence-electron chi connectivity index (χ2n) is 10.2. The van der Waals surface area contributed by atoms with Crippen LogP contribution in [0.3, 0.4) is 0 Å². The average Bonchev–Trinajstić information content (AvgIpc) is 3.33. The fraction of sp³-hybridized carbons (Fsp3) is 0.423. The van der Waals surface area contributed by atoms with Gasteiger partial charge in [0, 0.05) is 28.6 Å². The Morgan fingerprint density at radius 1 is 1.18 bits per heavy atom. The van der Waals surface area contributed by atoms with Gasteiger partial charge >= 0.3 is 5.97 Å². The van der Waals surface area contributed by atoms with Crippen LogP contribution in [0, 0.1) is 5.41 Å². The van der Waals surface area contributed by atoms with Crippen molar-refractivity contribution in [2.45, 2.75) is 51.7 Å². The summed E-state index contributed by atoms with van der Waals surface area (Å²) in [5, 5.41) is 13.6. The zero-order chi connectivity index (χ0) is 24.7. The van der Waals surface area contributed by atoms with Crippen LogP contribution in [-0.2, 0) is 4.79 Å². The maximum atomic E-state index is 14.0. The summed E-state index contributed by atoms with van der Waals surface area (Å²) in [6, 6.07) is 11.6. The molecule has 1 saturated heterocycles. The number of carbonyl (C=O) groups is 2. The van der Waals surface area contributed by atoms with Crippen molar-refractivity contribution in [3.8, 4) is 0 Å². The van der Waals surface area contributed by atoms with E-state index < -0.39 is 11.6 Å². The topological polar surface area (TPSA) is 82.0 Å². The monoisotopic (exact) mass is 501 g/mol. The van der Waals surface area contributed by atoms with Crippen LogP contribution in [0.5, 0.6) is 0 Å². The number of rotatable bonds is 6. The van der Waals surface area contributed by atoms with E-state index in [0.29, 0.717) is 34.3 Å². The molecule has 2 heterocycles. The van der Waals surface area contributed by atoms with Crippen molar-refractivity contribution >= 4 is 40.8 Å². The minimum absolute atomic E-state index is 0.0628. The maximum absolute atomic E-state index is 14.0. The Balaban J connectivity index is 1.79. The van der Waals surface area contributed by atoms with Crippen LogP contribution in [0.15, 0.2) is 47.5 Å². The van der Waals surface area contributed by atoms with Gasteiger partial charge in [-0.1, -0.05) is 56.1 Å². The number of carboxylic acids is 1. The lowest BCUT2D eigenvalue weighted by Gasteiger charge is -2.40. The summed E-state index contributed by atoms with van der Waals surface area (Å²) in [7, 11) is 0. The molecule has 1 unspecified atom stereocenters. The molecular formula is C26H29Cl2N3O3. The molecule has 180 valence electrons. The largest absolute Gasteiger partial charge is 0.478 e. The SMILES string of the molecule is CC(C)(C)CC[C@H](c1ccc(C(=O)O)cc1)N1C(=O)C(c2cc(Cl)cc(Cl)c2)=NC12CCNC2.